The zero-order valence-electron chi connectivity index (χ0n) is 8.51. The summed E-state index contributed by atoms with van der Waals surface area (Å²) >= 11 is 0. The highest BCUT2D eigenvalue weighted by atomic mass is 16.4. The third-order valence-corrected chi connectivity index (χ3v) is 2.56. The Hall–Kier alpha value is -1.91. The summed E-state index contributed by atoms with van der Waals surface area (Å²) < 4.78 is 1.74. The number of hydrogen-bond acceptors (Lipinski definition) is 3. The van der Waals surface area contributed by atoms with Crippen molar-refractivity contribution in [1.29, 1.82) is 0 Å². The molecule has 15 heavy (non-hydrogen) atoms. The zero-order chi connectivity index (χ0) is 11.1. The minimum Gasteiger partial charge on any atom is -0.481 e. The van der Waals surface area contributed by atoms with Crippen LogP contribution in [0.4, 0.5) is 0 Å². The van der Waals surface area contributed by atoms with Crippen LogP contribution in [0.15, 0.2) is 24.7 Å². The third kappa shape index (κ3) is 1.45. The van der Waals surface area contributed by atoms with Crippen molar-refractivity contribution < 1.29 is 9.90 Å². The summed E-state index contributed by atoms with van der Waals surface area (Å²) in [5, 5.41) is 16.7. The molecule has 0 amide bonds. The fraction of sp³-hybridized carbons (Fsp3) is 0.300. The molecule has 0 bridgehead atoms. The molecule has 0 aliphatic heterocycles. The molecule has 2 rings (SSSR count). The summed E-state index contributed by atoms with van der Waals surface area (Å²) in [6, 6.07) is 3.51. The van der Waals surface area contributed by atoms with Crippen LogP contribution >= 0.6 is 0 Å². The van der Waals surface area contributed by atoms with Crippen molar-refractivity contribution in [2.24, 2.45) is 0 Å². The predicted octanol–water partition coefficient (Wildman–Crippen LogP) is 1.09. The average Bonchev–Trinajstić information content (AvgIpc) is 2.63. The Bertz CT molecular complexity index is 516. The second-order valence-corrected chi connectivity index (χ2v) is 3.94. The lowest BCUT2D eigenvalue weighted by molar-refractivity contribution is -0.142. The van der Waals surface area contributed by atoms with Crippen molar-refractivity contribution in [2.75, 3.05) is 0 Å². The Kier molecular flexibility index (Phi) is 1.96. The second kappa shape index (κ2) is 3.05. The van der Waals surface area contributed by atoms with Crippen molar-refractivity contribution in [3.05, 3.63) is 30.2 Å². The minimum absolute atomic E-state index is 0.654. The first-order chi connectivity index (χ1) is 7.01. The van der Waals surface area contributed by atoms with E-state index in [1.807, 2.05) is 0 Å². The molecule has 0 spiro atoms. The molecule has 2 aromatic rings. The van der Waals surface area contributed by atoms with Crippen LogP contribution in [0, 0.1) is 0 Å². The second-order valence-electron chi connectivity index (χ2n) is 3.94. The number of hydrogen-bond donors (Lipinski definition) is 1. The molecule has 0 aliphatic rings. The van der Waals surface area contributed by atoms with Crippen LogP contribution in [0.5, 0.6) is 0 Å². The predicted molar refractivity (Wildman–Crippen MR) is 53.6 cm³/mol. The number of fused-ring (bicyclic) bond motifs is 1. The molecule has 1 N–H and O–H groups in total. The summed E-state index contributed by atoms with van der Waals surface area (Å²) in [6.07, 6.45) is 3.34. The van der Waals surface area contributed by atoms with E-state index in [2.05, 4.69) is 10.2 Å². The van der Waals surface area contributed by atoms with E-state index < -0.39 is 11.4 Å². The lowest BCUT2D eigenvalue weighted by Gasteiger charge is -2.19. The van der Waals surface area contributed by atoms with Gasteiger partial charge in [0.2, 0.25) is 0 Å². The minimum atomic E-state index is -0.909. The Morgan fingerprint density at radius 2 is 2.27 bits per heavy atom. The Balaban J connectivity index is 2.57. The van der Waals surface area contributed by atoms with Gasteiger partial charge in [0.05, 0.1) is 5.41 Å². The lowest BCUT2D eigenvalue weighted by Crippen LogP contribution is -2.28. The van der Waals surface area contributed by atoms with Gasteiger partial charge in [-0.1, -0.05) is 0 Å². The van der Waals surface area contributed by atoms with Gasteiger partial charge in [-0.05, 0) is 31.5 Å². The lowest BCUT2D eigenvalue weighted by atomic mass is 9.85. The standard InChI is InChI=1S/C10H11N3O2/c1-10(2,9(14)15)7-3-4-13-6-11-12-8(13)5-7/h3-6H,1-2H3,(H,14,15). The first-order valence-electron chi connectivity index (χ1n) is 4.55. The highest BCUT2D eigenvalue weighted by molar-refractivity contribution is 5.80. The highest BCUT2D eigenvalue weighted by Crippen LogP contribution is 2.23. The van der Waals surface area contributed by atoms with Crippen molar-refractivity contribution in [1.82, 2.24) is 14.6 Å². The fourth-order valence-corrected chi connectivity index (χ4v) is 1.33. The molecular formula is C10H11N3O2. The largest absolute Gasteiger partial charge is 0.481 e. The molecule has 0 atom stereocenters. The average molecular weight is 205 g/mol. The number of carbonyl (C=O) groups is 1. The zero-order valence-corrected chi connectivity index (χ0v) is 8.51. The van der Waals surface area contributed by atoms with E-state index in [9.17, 15) is 4.79 Å². The summed E-state index contributed by atoms with van der Waals surface area (Å²) in [4.78, 5) is 11.1. The number of carboxylic acid groups (broad SMARTS) is 1. The molecule has 0 unspecified atom stereocenters. The molecule has 5 nitrogen and oxygen atoms in total. The van der Waals surface area contributed by atoms with Gasteiger partial charge >= 0.3 is 5.97 Å². The molecule has 2 aromatic heterocycles. The smallest absolute Gasteiger partial charge is 0.313 e. The van der Waals surface area contributed by atoms with Gasteiger partial charge in [0.1, 0.15) is 6.33 Å². The van der Waals surface area contributed by atoms with E-state index >= 15 is 0 Å². The van der Waals surface area contributed by atoms with Crippen LogP contribution in [0.25, 0.3) is 5.65 Å². The first kappa shape index (κ1) is 9.64. The third-order valence-electron chi connectivity index (χ3n) is 2.56. The van der Waals surface area contributed by atoms with E-state index in [0.29, 0.717) is 5.65 Å². The topological polar surface area (TPSA) is 67.5 Å². The molecular weight excluding hydrogens is 194 g/mol. The molecule has 0 fully saturated rings. The number of aromatic nitrogens is 3. The van der Waals surface area contributed by atoms with Crippen LogP contribution in [0.3, 0.4) is 0 Å². The number of nitrogens with zero attached hydrogens (tertiary/aromatic N) is 3. The van der Waals surface area contributed by atoms with Gasteiger partial charge in [-0.3, -0.25) is 9.20 Å². The maximum absolute atomic E-state index is 11.1. The van der Waals surface area contributed by atoms with Crippen molar-refractivity contribution in [3.63, 3.8) is 0 Å². The van der Waals surface area contributed by atoms with E-state index in [4.69, 9.17) is 5.11 Å². The van der Waals surface area contributed by atoms with E-state index in [0.717, 1.165) is 5.56 Å². The number of pyridine rings is 1. The Labute approximate surface area is 86.4 Å². The fourth-order valence-electron chi connectivity index (χ4n) is 1.33. The maximum atomic E-state index is 11.1. The van der Waals surface area contributed by atoms with Crippen molar-refractivity contribution in [2.45, 2.75) is 19.3 Å². The monoisotopic (exact) mass is 205 g/mol. The summed E-state index contributed by atoms with van der Waals surface area (Å²) in [7, 11) is 0. The van der Waals surface area contributed by atoms with E-state index in [1.165, 1.54) is 0 Å². The van der Waals surface area contributed by atoms with Gasteiger partial charge in [0.25, 0.3) is 0 Å². The van der Waals surface area contributed by atoms with Crippen LogP contribution < -0.4 is 0 Å². The van der Waals surface area contributed by atoms with Gasteiger partial charge in [0, 0.05) is 6.20 Å². The van der Waals surface area contributed by atoms with Crippen LogP contribution in [-0.2, 0) is 10.2 Å². The molecule has 0 aromatic carbocycles. The Morgan fingerprint density at radius 3 is 2.93 bits per heavy atom. The summed E-state index contributed by atoms with van der Waals surface area (Å²) in [6.45, 7) is 3.33. The number of carboxylic acids is 1. The molecule has 0 saturated heterocycles. The van der Waals surface area contributed by atoms with Crippen molar-refractivity contribution >= 4 is 11.6 Å². The normalized spacial score (nSPS) is 11.9. The SMILES string of the molecule is CC(C)(C(=O)O)c1ccn2cnnc2c1. The maximum Gasteiger partial charge on any atom is 0.313 e. The summed E-state index contributed by atoms with van der Waals surface area (Å²) in [5.74, 6) is -0.855. The van der Waals surface area contributed by atoms with Crippen LogP contribution in [-0.4, -0.2) is 25.7 Å². The molecule has 78 valence electrons. The van der Waals surface area contributed by atoms with Gasteiger partial charge in [0.15, 0.2) is 5.65 Å². The molecule has 0 radical (unpaired) electrons. The van der Waals surface area contributed by atoms with Gasteiger partial charge in [-0.2, -0.15) is 0 Å². The molecule has 0 saturated carbocycles. The highest BCUT2D eigenvalue weighted by Gasteiger charge is 2.29. The Morgan fingerprint density at radius 1 is 1.53 bits per heavy atom. The van der Waals surface area contributed by atoms with E-state index in [-0.39, 0.29) is 0 Å². The van der Waals surface area contributed by atoms with Gasteiger partial charge in [-0.15, -0.1) is 10.2 Å². The van der Waals surface area contributed by atoms with E-state index in [1.54, 1.807) is 42.9 Å². The summed E-state index contributed by atoms with van der Waals surface area (Å²) in [5.41, 5.74) is 0.463. The molecule has 2 heterocycles. The van der Waals surface area contributed by atoms with Gasteiger partial charge in [-0.25, -0.2) is 0 Å². The van der Waals surface area contributed by atoms with Crippen LogP contribution in [0.1, 0.15) is 19.4 Å². The molecule has 0 aliphatic carbocycles. The number of rotatable bonds is 2. The first-order valence-corrected chi connectivity index (χ1v) is 4.55. The van der Waals surface area contributed by atoms with Gasteiger partial charge < -0.3 is 5.11 Å². The quantitative estimate of drug-likeness (QED) is 0.796. The molecule has 5 heteroatoms. The van der Waals surface area contributed by atoms with Crippen LogP contribution in [0.2, 0.25) is 0 Å². The van der Waals surface area contributed by atoms with Crippen molar-refractivity contribution in [3.8, 4) is 0 Å². The number of aliphatic carboxylic acids is 1.